The lowest BCUT2D eigenvalue weighted by molar-refractivity contribution is -0.149. The quantitative estimate of drug-likeness (QED) is 0.900. The van der Waals surface area contributed by atoms with Gasteiger partial charge in [0, 0.05) is 6.54 Å². The van der Waals surface area contributed by atoms with Gasteiger partial charge in [-0.05, 0) is 37.0 Å². The summed E-state index contributed by atoms with van der Waals surface area (Å²) in [6.45, 7) is 4.92. The van der Waals surface area contributed by atoms with Crippen LogP contribution in [0.4, 0.5) is 0 Å². The van der Waals surface area contributed by atoms with Crippen LogP contribution in [-0.4, -0.2) is 41.1 Å². The molecule has 0 bridgehead atoms. The third-order valence-corrected chi connectivity index (χ3v) is 3.86. The minimum absolute atomic E-state index is 0.00628. The van der Waals surface area contributed by atoms with E-state index >= 15 is 0 Å². The summed E-state index contributed by atoms with van der Waals surface area (Å²) in [6.07, 6.45) is 0.967. The van der Waals surface area contributed by atoms with Crippen LogP contribution < -0.4 is 4.74 Å². The van der Waals surface area contributed by atoms with Crippen molar-refractivity contribution in [1.82, 2.24) is 4.90 Å². The second-order valence-electron chi connectivity index (χ2n) is 5.39. The average molecular weight is 291 g/mol. The summed E-state index contributed by atoms with van der Waals surface area (Å²) >= 11 is 0. The zero-order valence-corrected chi connectivity index (χ0v) is 12.4. The van der Waals surface area contributed by atoms with Crippen molar-refractivity contribution in [3.05, 3.63) is 29.8 Å². The van der Waals surface area contributed by atoms with E-state index in [0.717, 1.165) is 17.7 Å². The molecule has 0 saturated carbocycles. The molecule has 114 valence electrons. The first kappa shape index (κ1) is 15.4. The third kappa shape index (κ3) is 3.54. The minimum Gasteiger partial charge on any atom is -0.494 e. The van der Waals surface area contributed by atoms with Crippen molar-refractivity contribution in [3.63, 3.8) is 0 Å². The SMILES string of the molecule is CCOc1ccc(CC(=O)N2CCC(C)C2C(=O)O)cc1. The summed E-state index contributed by atoms with van der Waals surface area (Å²) in [5.41, 5.74) is 0.868. The maximum Gasteiger partial charge on any atom is 0.326 e. The number of carboxylic acids is 1. The first-order chi connectivity index (χ1) is 10.0. The van der Waals surface area contributed by atoms with Gasteiger partial charge in [0.25, 0.3) is 0 Å². The molecule has 21 heavy (non-hydrogen) atoms. The summed E-state index contributed by atoms with van der Waals surface area (Å²) in [5, 5.41) is 9.25. The molecule has 2 unspecified atom stereocenters. The number of hydrogen-bond donors (Lipinski definition) is 1. The highest BCUT2D eigenvalue weighted by molar-refractivity contribution is 5.85. The number of benzene rings is 1. The molecule has 1 amide bonds. The standard InChI is InChI=1S/C16H21NO4/c1-3-21-13-6-4-12(5-7-13)10-14(18)17-9-8-11(2)15(17)16(19)20/h4-7,11,15H,3,8-10H2,1-2H3,(H,19,20). The van der Waals surface area contributed by atoms with E-state index in [9.17, 15) is 14.7 Å². The molecule has 5 heteroatoms. The Bertz CT molecular complexity index is 512. The van der Waals surface area contributed by atoms with Crippen LogP contribution >= 0.6 is 0 Å². The second kappa shape index (κ2) is 6.61. The van der Waals surface area contributed by atoms with Gasteiger partial charge in [0.1, 0.15) is 11.8 Å². The topological polar surface area (TPSA) is 66.8 Å². The number of rotatable bonds is 5. The van der Waals surface area contributed by atoms with Crippen LogP contribution in [0.25, 0.3) is 0 Å². The minimum atomic E-state index is -0.917. The van der Waals surface area contributed by atoms with E-state index in [0.29, 0.717) is 13.2 Å². The Balaban J connectivity index is 2.02. The maximum atomic E-state index is 12.3. The van der Waals surface area contributed by atoms with Crippen molar-refractivity contribution in [2.24, 2.45) is 5.92 Å². The van der Waals surface area contributed by atoms with Crippen LogP contribution in [0.15, 0.2) is 24.3 Å². The molecule has 1 aromatic rings. The number of likely N-dealkylation sites (tertiary alicyclic amines) is 1. The van der Waals surface area contributed by atoms with Crippen LogP contribution in [0.2, 0.25) is 0 Å². The fourth-order valence-electron chi connectivity index (χ4n) is 2.75. The number of carbonyl (C=O) groups excluding carboxylic acids is 1. The molecule has 1 aromatic carbocycles. The van der Waals surface area contributed by atoms with E-state index in [2.05, 4.69) is 0 Å². The Labute approximate surface area is 124 Å². The van der Waals surface area contributed by atoms with Crippen LogP contribution in [-0.2, 0) is 16.0 Å². The molecule has 1 aliphatic rings. The largest absolute Gasteiger partial charge is 0.494 e. The van der Waals surface area contributed by atoms with Gasteiger partial charge in [0.15, 0.2) is 0 Å². The van der Waals surface area contributed by atoms with Gasteiger partial charge in [-0.2, -0.15) is 0 Å². The van der Waals surface area contributed by atoms with Crippen molar-refractivity contribution in [3.8, 4) is 5.75 Å². The van der Waals surface area contributed by atoms with Crippen molar-refractivity contribution < 1.29 is 19.4 Å². The van der Waals surface area contributed by atoms with Crippen molar-refractivity contribution >= 4 is 11.9 Å². The Morgan fingerprint density at radius 1 is 1.33 bits per heavy atom. The molecule has 1 saturated heterocycles. The molecule has 2 atom stereocenters. The summed E-state index contributed by atoms with van der Waals surface area (Å²) in [7, 11) is 0. The van der Waals surface area contributed by atoms with Gasteiger partial charge in [-0.25, -0.2) is 4.79 Å². The van der Waals surface area contributed by atoms with Gasteiger partial charge in [-0.15, -0.1) is 0 Å². The summed E-state index contributed by atoms with van der Waals surface area (Å²) in [6, 6.07) is 6.65. The maximum absolute atomic E-state index is 12.3. The summed E-state index contributed by atoms with van der Waals surface area (Å²) in [5.74, 6) is -0.269. The number of aliphatic carboxylic acids is 1. The summed E-state index contributed by atoms with van der Waals surface area (Å²) in [4.78, 5) is 25.1. The number of carboxylic acid groups (broad SMARTS) is 1. The van der Waals surface area contributed by atoms with E-state index in [1.165, 1.54) is 4.90 Å². The van der Waals surface area contributed by atoms with Crippen LogP contribution in [0, 0.1) is 5.92 Å². The van der Waals surface area contributed by atoms with E-state index in [1.807, 2.05) is 38.1 Å². The Morgan fingerprint density at radius 3 is 2.57 bits per heavy atom. The lowest BCUT2D eigenvalue weighted by atomic mass is 10.0. The molecule has 1 fully saturated rings. The molecular formula is C16H21NO4. The van der Waals surface area contributed by atoms with Gasteiger partial charge in [-0.3, -0.25) is 4.79 Å². The molecule has 1 heterocycles. The molecule has 1 N–H and O–H groups in total. The van der Waals surface area contributed by atoms with Gasteiger partial charge < -0.3 is 14.7 Å². The molecular weight excluding hydrogens is 270 g/mol. The van der Waals surface area contributed by atoms with Gasteiger partial charge in [0.2, 0.25) is 5.91 Å². The van der Waals surface area contributed by atoms with Crippen LogP contribution in [0.5, 0.6) is 5.75 Å². The second-order valence-corrected chi connectivity index (χ2v) is 5.39. The molecule has 2 rings (SSSR count). The molecule has 5 nitrogen and oxygen atoms in total. The zero-order valence-electron chi connectivity index (χ0n) is 12.4. The lowest BCUT2D eigenvalue weighted by Crippen LogP contribution is -2.43. The van der Waals surface area contributed by atoms with Crippen LogP contribution in [0.3, 0.4) is 0 Å². The van der Waals surface area contributed by atoms with E-state index < -0.39 is 12.0 Å². The molecule has 1 aliphatic heterocycles. The van der Waals surface area contributed by atoms with Crippen molar-refractivity contribution in [2.75, 3.05) is 13.2 Å². The highest BCUT2D eigenvalue weighted by atomic mass is 16.5. The van der Waals surface area contributed by atoms with Gasteiger partial charge in [0.05, 0.1) is 13.0 Å². The smallest absolute Gasteiger partial charge is 0.326 e. The van der Waals surface area contributed by atoms with E-state index in [-0.39, 0.29) is 18.2 Å². The van der Waals surface area contributed by atoms with E-state index in [4.69, 9.17) is 4.74 Å². The summed E-state index contributed by atoms with van der Waals surface area (Å²) < 4.78 is 5.36. The molecule has 0 aromatic heterocycles. The van der Waals surface area contributed by atoms with Gasteiger partial charge >= 0.3 is 5.97 Å². The first-order valence-electron chi connectivity index (χ1n) is 7.27. The predicted octanol–water partition coefficient (Wildman–Crippen LogP) is 1.95. The highest BCUT2D eigenvalue weighted by Gasteiger charge is 2.39. The third-order valence-electron chi connectivity index (χ3n) is 3.86. The van der Waals surface area contributed by atoms with Crippen LogP contribution in [0.1, 0.15) is 25.8 Å². The van der Waals surface area contributed by atoms with Crippen molar-refractivity contribution in [2.45, 2.75) is 32.7 Å². The predicted molar refractivity (Wildman–Crippen MR) is 78.2 cm³/mol. The monoisotopic (exact) mass is 291 g/mol. The van der Waals surface area contributed by atoms with Gasteiger partial charge in [-0.1, -0.05) is 19.1 Å². The number of nitrogens with zero attached hydrogens (tertiary/aromatic N) is 1. The normalized spacial score (nSPS) is 21.3. The fraction of sp³-hybridized carbons (Fsp3) is 0.500. The zero-order chi connectivity index (χ0) is 15.4. The highest BCUT2D eigenvalue weighted by Crippen LogP contribution is 2.25. The molecule has 0 radical (unpaired) electrons. The molecule has 0 spiro atoms. The Kier molecular flexibility index (Phi) is 4.83. The van der Waals surface area contributed by atoms with Crippen molar-refractivity contribution in [1.29, 1.82) is 0 Å². The Morgan fingerprint density at radius 2 is 2.00 bits per heavy atom. The molecule has 0 aliphatic carbocycles. The first-order valence-corrected chi connectivity index (χ1v) is 7.27. The van der Waals surface area contributed by atoms with E-state index in [1.54, 1.807) is 0 Å². The lowest BCUT2D eigenvalue weighted by Gasteiger charge is -2.23. The number of amides is 1. The Hall–Kier alpha value is -2.04. The fourth-order valence-corrected chi connectivity index (χ4v) is 2.75. The average Bonchev–Trinajstić information content (AvgIpc) is 2.83. The number of carbonyl (C=O) groups is 2. The number of ether oxygens (including phenoxy) is 1. The number of hydrogen-bond acceptors (Lipinski definition) is 3.